The standard InChI is InChI=1S/C27H22Cl2F7N7O2/c1-13(2)38-24(45)18-8-15(28)7-14(3)17(18)10-21(44)20-9-16(40-43(20)23-19(29)5-4-6-37-23)11-42-12-22(39-41-42)25(30,31)26(32,33)27(34,35)36/h4-9,12-13H,10-11H2,1-3H3,(H,38,45). The van der Waals surface area contributed by atoms with Crippen LogP contribution in [-0.4, -0.2) is 59.6 Å². The average Bonchev–Trinajstić information content (AvgIpc) is 3.57. The summed E-state index contributed by atoms with van der Waals surface area (Å²) in [6.07, 6.45) is -5.34. The number of halogens is 9. The minimum atomic E-state index is -6.56. The van der Waals surface area contributed by atoms with E-state index in [-0.39, 0.29) is 51.5 Å². The van der Waals surface area contributed by atoms with E-state index in [1.54, 1.807) is 26.8 Å². The number of pyridine rings is 1. The number of carbonyl (C=O) groups excluding carboxylic acids is 2. The number of benzene rings is 1. The molecule has 4 aromatic rings. The Morgan fingerprint density at radius 3 is 2.36 bits per heavy atom. The van der Waals surface area contributed by atoms with Gasteiger partial charge in [0.25, 0.3) is 5.91 Å². The van der Waals surface area contributed by atoms with Crippen molar-refractivity contribution in [3.63, 3.8) is 0 Å². The smallest absolute Gasteiger partial charge is 0.350 e. The van der Waals surface area contributed by atoms with Crippen molar-refractivity contribution >= 4 is 34.9 Å². The third-order valence-electron chi connectivity index (χ3n) is 6.36. The number of alkyl halides is 7. The quantitative estimate of drug-likeness (QED) is 0.154. The van der Waals surface area contributed by atoms with E-state index in [1.807, 2.05) is 0 Å². The number of hydrogen-bond donors (Lipinski definition) is 1. The van der Waals surface area contributed by atoms with E-state index in [0.29, 0.717) is 15.8 Å². The number of aromatic nitrogens is 6. The van der Waals surface area contributed by atoms with E-state index in [0.717, 1.165) is 4.68 Å². The maximum absolute atomic E-state index is 14.1. The average molecular weight is 680 g/mol. The van der Waals surface area contributed by atoms with Gasteiger partial charge in [-0.25, -0.2) is 14.3 Å². The summed E-state index contributed by atoms with van der Waals surface area (Å²) < 4.78 is 94.8. The molecule has 0 saturated carbocycles. The lowest BCUT2D eigenvalue weighted by molar-refractivity contribution is -0.360. The summed E-state index contributed by atoms with van der Waals surface area (Å²) >= 11 is 12.5. The van der Waals surface area contributed by atoms with Gasteiger partial charge < -0.3 is 5.32 Å². The van der Waals surface area contributed by atoms with Crippen molar-refractivity contribution in [2.75, 3.05) is 0 Å². The lowest BCUT2D eigenvalue weighted by Gasteiger charge is -2.26. The molecule has 0 radical (unpaired) electrons. The minimum Gasteiger partial charge on any atom is -0.350 e. The maximum atomic E-state index is 14.1. The summed E-state index contributed by atoms with van der Waals surface area (Å²) in [5.74, 6) is -13.3. The number of carbonyl (C=O) groups is 2. The molecule has 4 rings (SSSR count). The Labute approximate surface area is 260 Å². The van der Waals surface area contributed by atoms with Gasteiger partial charge in [-0.1, -0.05) is 28.4 Å². The van der Waals surface area contributed by atoms with Crippen molar-refractivity contribution in [2.45, 2.75) is 57.8 Å². The number of Topliss-reactive ketones (excluding diaryl/α,β-unsaturated/α-hetero) is 1. The van der Waals surface area contributed by atoms with Gasteiger partial charge in [0.15, 0.2) is 17.3 Å². The molecule has 240 valence electrons. The first-order chi connectivity index (χ1) is 20.8. The molecule has 18 heteroatoms. The summed E-state index contributed by atoms with van der Waals surface area (Å²) in [5.41, 5.74) is -1.12. The second-order valence-corrected chi connectivity index (χ2v) is 11.0. The second-order valence-electron chi connectivity index (χ2n) is 10.2. The molecular formula is C27H22Cl2F7N7O2. The van der Waals surface area contributed by atoms with Crippen molar-refractivity contribution in [3.8, 4) is 5.82 Å². The Bertz CT molecular complexity index is 1750. The van der Waals surface area contributed by atoms with Crippen LogP contribution in [0.1, 0.15) is 57.2 Å². The largest absolute Gasteiger partial charge is 0.460 e. The maximum Gasteiger partial charge on any atom is 0.460 e. The summed E-state index contributed by atoms with van der Waals surface area (Å²) in [5, 5.41) is 13.4. The molecule has 0 saturated heterocycles. The van der Waals surface area contributed by atoms with E-state index in [4.69, 9.17) is 23.2 Å². The van der Waals surface area contributed by atoms with Gasteiger partial charge in [-0.15, -0.1) is 5.10 Å². The van der Waals surface area contributed by atoms with E-state index < -0.39 is 42.0 Å². The molecule has 0 atom stereocenters. The molecule has 0 fully saturated rings. The van der Waals surface area contributed by atoms with Crippen LogP contribution in [0.25, 0.3) is 5.82 Å². The van der Waals surface area contributed by atoms with Gasteiger partial charge in [0, 0.05) is 29.2 Å². The van der Waals surface area contributed by atoms with Crippen LogP contribution in [0.15, 0.2) is 42.7 Å². The van der Waals surface area contributed by atoms with Crippen molar-refractivity contribution < 1.29 is 40.3 Å². The summed E-state index contributed by atoms with van der Waals surface area (Å²) in [6.45, 7) is 4.57. The van der Waals surface area contributed by atoms with Gasteiger partial charge in [0.05, 0.1) is 23.5 Å². The van der Waals surface area contributed by atoms with Gasteiger partial charge in [-0.05, 0) is 62.2 Å². The lowest BCUT2D eigenvalue weighted by Crippen LogP contribution is -2.50. The van der Waals surface area contributed by atoms with Crippen LogP contribution in [0.2, 0.25) is 10.0 Å². The molecule has 0 aliphatic carbocycles. The summed E-state index contributed by atoms with van der Waals surface area (Å²) in [7, 11) is 0. The molecule has 1 aromatic carbocycles. The molecule has 0 bridgehead atoms. The van der Waals surface area contributed by atoms with Gasteiger partial charge in [0.1, 0.15) is 5.69 Å². The highest BCUT2D eigenvalue weighted by molar-refractivity contribution is 6.32. The van der Waals surface area contributed by atoms with Crippen LogP contribution < -0.4 is 5.32 Å². The normalized spacial score (nSPS) is 12.6. The van der Waals surface area contributed by atoms with Crippen LogP contribution in [0.4, 0.5) is 30.7 Å². The monoisotopic (exact) mass is 679 g/mol. The van der Waals surface area contributed by atoms with Crippen molar-refractivity contribution in [2.24, 2.45) is 0 Å². The van der Waals surface area contributed by atoms with E-state index in [9.17, 15) is 40.3 Å². The topological polar surface area (TPSA) is 108 Å². The van der Waals surface area contributed by atoms with Crippen LogP contribution >= 0.6 is 23.2 Å². The van der Waals surface area contributed by atoms with E-state index in [1.165, 1.54) is 30.5 Å². The van der Waals surface area contributed by atoms with Crippen molar-refractivity contribution in [3.05, 3.63) is 86.5 Å². The third kappa shape index (κ3) is 6.81. The molecular weight excluding hydrogens is 658 g/mol. The highest BCUT2D eigenvalue weighted by Gasteiger charge is 2.74. The molecule has 0 unspecified atom stereocenters. The zero-order valence-electron chi connectivity index (χ0n) is 23.4. The number of nitrogens with zero attached hydrogens (tertiary/aromatic N) is 6. The molecule has 3 heterocycles. The van der Waals surface area contributed by atoms with Crippen LogP contribution in [-0.2, 0) is 18.9 Å². The van der Waals surface area contributed by atoms with Crippen LogP contribution in [0, 0.1) is 6.92 Å². The Morgan fingerprint density at radius 1 is 1.04 bits per heavy atom. The molecule has 45 heavy (non-hydrogen) atoms. The van der Waals surface area contributed by atoms with Crippen LogP contribution in [0.5, 0.6) is 0 Å². The number of nitrogens with one attached hydrogen (secondary N) is 1. The fourth-order valence-corrected chi connectivity index (χ4v) is 4.70. The summed E-state index contributed by atoms with van der Waals surface area (Å²) in [4.78, 5) is 30.8. The molecule has 3 aromatic heterocycles. The Kier molecular flexibility index (Phi) is 9.31. The Balaban J connectivity index is 1.73. The first-order valence-corrected chi connectivity index (χ1v) is 13.6. The van der Waals surface area contributed by atoms with Gasteiger partial charge in [0.2, 0.25) is 0 Å². The second kappa shape index (κ2) is 12.4. The first-order valence-electron chi connectivity index (χ1n) is 12.9. The predicted octanol–water partition coefficient (Wildman–Crippen LogP) is 6.38. The predicted molar refractivity (Wildman–Crippen MR) is 147 cm³/mol. The zero-order chi connectivity index (χ0) is 33.5. The highest BCUT2D eigenvalue weighted by Crippen LogP contribution is 2.51. The fraction of sp³-hybridized carbons (Fsp3) is 0.333. The van der Waals surface area contributed by atoms with Crippen molar-refractivity contribution in [1.29, 1.82) is 0 Å². The third-order valence-corrected chi connectivity index (χ3v) is 6.87. The SMILES string of the molecule is Cc1cc(Cl)cc(C(=O)NC(C)C)c1CC(=O)c1cc(Cn2cc(C(F)(F)C(F)(F)C(F)(F)F)nn2)nn1-c1ncccc1Cl. The fourth-order valence-electron chi connectivity index (χ4n) is 4.23. The van der Waals surface area contributed by atoms with Crippen LogP contribution in [0.3, 0.4) is 0 Å². The lowest BCUT2D eigenvalue weighted by atomic mass is 9.95. The van der Waals surface area contributed by atoms with Gasteiger partial charge >= 0.3 is 18.0 Å². The molecule has 1 N–H and O–H groups in total. The van der Waals surface area contributed by atoms with Gasteiger partial charge in [-0.3, -0.25) is 9.59 Å². The number of hydrogen-bond acceptors (Lipinski definition) is 6. The Morgan fingerprint density at radius 2 is 1.73 bits per heavy atom. The number of amides is 1. The number of aryl methyl sites for hydroxylation is 1. The summed E-state index contributed by atoms with van der Waals surface area (Å²) in [6, 6.07) is 6.90. The molecule has 9 nitrogen and oxygen atoms in total. The van der Waals surface area contributed by atoms with Gasteiger partial charge in [-0.2, -0.15) is 35.8 Å². The molecule has 0 aliphatic rings. The minimum absolute atomic E-state index is 0.0185. The van der Waals surface area contributed by atoms with E-state index >= 15 is 0 Å². The Hall–Kier alpha value is -4.05. The zero-order valence-corrected chi connectivity index (χ0v) is 24.9. The number of rotatable bonds is 10. The molecule has 0 aliphatic heterocycles. The number of ketones is 1. The highest BCUT2D eigenvalue weighted by atomic mass is 35.5. The van der Waals surface area contributed by atoms with E-state index in [2.05, 4.69) is 25.7 Å². The molecule has 1 amide bonds. The van der Waals surface area contributed by atoms with Crippen molar-refractivity contribution in [1.82, 2.24) is 35.1 Å². The first kappa shape index (κ1) is 33.8. The molecule has 0 spiro atoms.